The van der Waals surface area contributed by atoms with Crippen molar-refractivity contribution in [2.75, 3.05) is 11.9 Å². The number of amides is 2. The minimum absolute atomic E-state index is 0.123. The summed E-state index contributed by atoms with van der Waals surface area (Å²) in [7, 11) is 0. The van der Waals surface area contributed by atoms with Crippen molar-refractivity contribution in [3.63, 3.8) is 0 Å². The van der Waals surface area contributed by atoms with Crippen molar-refractivity contribution in [1.29, 1.82) is 5.26 Å². The van der Waals surface area contributed by atoms with Crippen LogP contribution in [0.25, 0.3) is 0 Å². The zero-order chi connectivity index (χ0) is 20.2. The fourth-order valence-corrected chi connectivity index (χ4v) is 3.40. The summed E-state index contributed by atoms with van der Waals surface area (Å²) >= 11 is 0. The highest BCUT2D eigenvalue weighted by molar-refractivity contribution is 6.04. The highest BCUT2D eigenvalue weighted by Crippen LogP contribution is 2.20. The van der Waals surface area contributed by atoms with Gasteiger partial charge in [-0.1, -0.05) is 30.3 Å². The molecule has 0 spiro atoms. The molecule has 2 amide bonds. The van der Waals surface area contributed by atoms with Crippen molar-refractivity contribution in [2.24, 2.45) is 0 Å². The minimum Gasteiger partial charge on any atom is -0.334 e. The van der Waals surface area contributed by atoms with Gasteiger partial charge >= 0.3 is 0 Å². The van der Waals surface area contributed by atoms with Gasteiger partial charge in [0.15, 0.2) is 0 Å². The van der Waals surface area contributed by atoms with Gasteiger partial charge in [-0.3, -0.25) is 14.6 Å². The Bertz CT molecular complexity index is 1130. The molecular weight excluding hydrogens is 364 g/mol. The highest BCUT2D eigenvalue weighted by atomic mass is 16.2. The molecule has 0 saturated heterocycles. The highest BCUT2D eigenvalue weighted by Gasteiger charge is 2.22. The Morgan fingerprint density at radius 2 is 1.86 bits per heavy atom. The van der Waals surface area contributed by atoms with E-state index in [0.29, 0.717) is 29.9 Å². The van der Waals surface area contributed by atoms with Crippen LogP contribution in [-0.4, -0.2) is 28.2 Å². The molecule has 0 atom stereocenters. The lowest BCUT2D eigenvalue weighted by Crippen LogP contribution is -2.36. The summed E-state index contributed by atoms with van der Waals surface area (Å²) in [6.45, 7) is 1.19. The third-order valence-electron chi connectivity index (χ3n) is 4.91. The fourth-order valence-electron chi connectivity index (χ4n) is 3.40. The predicted octanol–water partition coefficient (Wildman–Crippen LogP) is 3.40. The van der Waals surface area contributed by atoms with Gasteiger partial charge in [0.05, 0.1) is 11.6 Å². The average molecular weight is 382 g/mol. The van der Waals surface area contributed by atoms with Gasteiger partial charge in [-0.05, 0) is 47.9 Å². The van der Waals surface area contributed by atoms with Crippen molar-refractivity contribution < 1.29 is 9.59 Å². The van der Waals surface area contributed by atoms with E-state index in [0.717, 1.165) is 12.0 Å². The quantitative estimate of drug-likeness (QED) is 0.752. The van der Waals surface area contributed by atoms with Crippen LogP contribution in [0.1, 0.15) is 37.5 Å². The van der Waals surface area contributed by atoms with Crippen LogP contribution in [0.2, 0.25) is 0 Å². The van der Waals surface area contributed by atoms with Gasteiger partial charge < -0.3 is 10.2 Å². The first-order chi connectivity index (χ1) is 14.1. The predicted molar refractivity (Wildman–Crippen MR) is 108 cm³/mol. The number of aromatic nitrogens is 1. The Labute approximate surface area is 168 Å². The largest absolute Gasteiger partial charge is 0.334 e. The number of fused-ring (bicyclic) bond motifs is 1. The summed E-state index contributed by atoms with van der Waals surface area (Å²) in [5.74, 6) is -0.554. The number of carbonyl (C=O) groups is 2. The second-order valence-corrected chi connectivity index (χ2v) is 6.82. The van der Waals surface area contributed by atoms with Gasteiger partial charge in [-0.2, -0.15) is 5.26 Å². The molecule has 1 aliphatic rings. The third kappa shape index (κ3) is 3.99. The van der Waals surface area contributed by atoms with Crippen LogP contribution in [0.5, 0.6) is 0 Å². The van der Waals surface area contributed by atoms with E-state index in [9.17, 15) is 9.59 Å². The van der Waals surface area contributed by atoms with Crippen LogP contribution < -0.4 is 5.32 Å². The smallest absolute Gasteiger partial charge is 0.274 e. The Balaban J connectivity index is 1.50. The Hall–Kier alpha value is -3.98. The number of nitrogens with one attached hydrogen (secondary N) is 1. The van der Waals surface area contributed by atoms with E-state index in [1.54, 1.807) is 35.2 Å². The van der Waals surface area contributed by atoms with Crippen LogP contribution in [0.4, 0.5) is 5.69 Å². The molecule has 29 heavy (non-hydrogen) atoms. The first-order valence-electron chi connectivity index (χ1n) is 9.27. The van der Waals surface area contributed by atoms with E-state index < -0.39 is 5.91 Å². The summed E-state index contributed by atoms with van der Waals surface area (Å²) in [5, 5.41) is 11.7. The molecule has 0 radical (unpaired) electrons. The van der Waals surface area contributed by atoms with Gasteiger partial charge in [0, 0.05) is 30.5 Å². The van der Waals surface area contributed by atoms with Crippen molar-refractivity contribution in [1.82, 2.24) is 9.88 Å². The average Bonchev–Trinajstić information content (AvgIpc) is 2.78. The van der Waals surface area contributed by atoms with Gasteiger partial charge in [-0.15, -0.1) is 0 Å². The van der Waals surface area contributed by atoms with Crippen molar-refractivity contribution in [2.45, 2.75) is 13.0 Å². The van der Waals surface area contributed by atoms with Crippen molar-refractivity contribution >= 4 is 17.5 Å². The summed E-state index contributed by atoms with van der Waals surface area (Å²) in [6, 6.07) is 19.9. The maximum Gasteiger partial charge on any atom is 0.274 e. The third-order valence-corrected chi connectivity index (χ3v) is 4.91. The number of nitrogens with zero attached hydrogens (tertiary/aromatic N) is 3. The molecular formula is C23H18N4O2. The molecule has 0 unspecified atom stereocenters. The van der Waals surface area contributed by atoms with E-state index in [4.69, 9.17) is 5.26 Å². The van der Waals surface area contributed by atoms with E-state index in [-0.39, 0.29) is 11.6 Å². The zero-order valence-electron chi connectivity index (χ0n) is 15.6. The fraction of sp³-hybridized carbons (Fsp3) is 0.130. The van der Waals surface area contributed by atoms with Crippen molar-refractivity contribution in [3.05, 3.63) is 94.8 Å². The molecule has 0 bridgehead atoms. The minimum atomic E-state index is -0.432. The lowest BCUT2D eigenvalue weighted by molar-refractivity contribution is 0.0734. The molecule has 1 aliphatic heterocycles. The van der Waals surface area contributed by atoms with Gasteiger partial charge in [0.1, 0.15) is 5.69 Å². The number of carbonyl (C=O) groups excluding carboxylic acids is 2. The number of nitriles is 1. The SMILES string of the molecule is N#Cc1cccc(NC(=O)c2cc(C(=O)N3CCc4ccccc4C3)ccn2)c1. The standard InChI is InChI=1S/C23H18N4O2/c24-14-16-4-3-7-20(12-16)26-22(28)21-13-18(8-10-25-21)23(29)27-11-9-17-5-1-2-6-19(17)15-27/h1-8,10,12-13H,9,11,15H2,(H,26,28). The number of benzene rings is 2. The van der Waals surface area contributed by atoms with E-state index in [1.807, 2.05) is 24.3 Å². The molecule has 142 valence electrons. The summed E-state index contributed by atoms with van der Waals surface area (Å²) in [5.41, 5.74) is 3.94. The van der Waals surface area contributed by atoms with Gasteiger partial charge in [-0.25, -0.2) is 0 Å². The first kappa shape index (κ1) is 18.4. The van der Waals surface area contributed by atoms with Gasteiger partial charge in [0.25, 0.3) is 11.8 Å². The maximum atomic E-state index is 13.0. The molecule has 4 rings (SSSR count). The number of anilines is 1. The molecule has 1 aromatic heterocycles. The van der Waals surface area contributed by atoms with Crippen LogP contribution in [0.3, 0.4) is 0 Å². The van der Waals surface area contributed by atoms with E-state index in [2.05, 4.69) is 16.4 Å². The van der Waals surface area contributed by atoms with Crippen molar-refractivity contribution in [3.8, 4) is 6.07 Å². The lowest BCUT2D eigenvalue weighted by atomic mass is 9.99. The number of rotatable bonds is 3. The number of pyridine rings is 1. The second-order valence-electron chi connectivity index (χ2n) is 6.82. The Kier molecular flexibility index (Phi) is 5.04. The Morgan fingerprint density at radius 1 is 1.03 bits per heavy atom. The molecule has 0 fully saturated rings. The van der Waals surface area contributed by atoms with Gasteiger partial charge in [0.2, 0.25) is 0 Å². The Morgan fingerprint density at radius 3 is 2.69 bits per heavy atom. The molecule has 3 aromatic rings. The number of hydrogen-bond donors (Lipinski definition) is 1. The second kappa shape index (κ2) is 7.95. The molecule has 1 N–H and O–H groups in total. The van der Waals surface area contributed by atoms with Crippen LogP contribution in [0.15, 0.2) is 66.9 Å². The monoisotopic (exact) mass is 382 g/mol. The van der Waals surface area contributed by atoms with Crippen LogP contribution in [-0.2, 0) is 13.0 Å². The van der Waals surface area contributed by atoms with E-state index in [1.165, 1.54) is 17.8 Å². The van der Waals surface area contributed by atoms with E-state index >= 15 is 0 Å². The normalized spacial score (nSPS) is 12.6. The molecule has 6 nitrogen and oxygen atoms in total. The number of hydrogen-bond acceptors (Lipinski definition) is 4. The zero-order valence-corrected chi connectivity index (χ0v) is 15.6. The molecule has 0 saturated carbocycles. The maximum absolute atomic E-state index is 13.0. The van der Waals surface area contributed by atoms with Crippen LogP contribution >= 0.6 is 0 Å². The summed E-state index contributed by atoms with van der Waals surface area (Å²) in [4.78, 5) is 31.4. The first-order valence-corrected chi connectivity index (χ1v) is 9.27. The van der Waals surface area contributed by atoms with Crippen LogP contribution in [0, 0.1) is 11.3 Å². The molecule has 2 aromatic carbocycles. The topological polar surface area (TPSA) is 86.1 Å². The lowest BCUT2D eigenvalue weighted by Gasteiger charge is -2.29. The molecule has 2 heterocycles. The molecule has 6 heteroatoms. The summed E-state index contributed by atoms with van der Waals surface area (Å²) < 4.78 is 0. The molecule has 0 aliphatic carbocycles. The summed E-state index contributed by atoms with van der Waals surface area (Å²) in [6.07, 6.45) is 2.28.